The maximum atomic E-state index is 10.4. The molecular formula is C6H13NO4P+. The number of quaternary nitrogens is 1. The Balaban J connectivity index is 2.17. The standard InChI is InChI=1S/C6H13NO4P/c8-12-7(1-4-9-12,2-5-10-12)3-6-11-12/h8H,1-6H2/q+1. The van der Waals surface area contributed by atoms with Crippen LogP contribution >= 0.6 is 7.66 Å². The van der Waals surface area contributed by atoms with E-state index < -0.39 is 7.66 Å². The van der Waals surface area contributed by atoms with Crippen molar-refractivity contribution in [1.82, 2.24) is 0 Å². The van der Waals surface area contributed by atoms with Crippen LogP contribution in [0, 0.1) is 0 Å². The van der Waals surface area contributed by atoms with Crippen LogP contribution in [0.15, 0.2) is 0 Å². The third kappa shape index (κ3) is 0.566. The van der Waals surface area contributed by atoms with Gasteiger partial charge < -0.3 is 0 Å². The van der Waals surface area contributed by atoms with Gasteiger partial charge in [0.1, 0.15) is 0 Å². The predicted molar refractivity (Wildman–Crippen MR) is 41.9 cm³/mol. The first-order valence-electron chi connectivity index (χ1n) is 4.26. The van der Waals surface area contributed by atoms with Gasteiger partial charge in [-0.1, -0.05) is 0 Å². The zero-order chi connectivity index (χ0) is 8.31. The molecule has 3 saturated heterocycles. The average Bonchev–Trinajstić information content (AvgIpc) is 2.43. The first-order chi connectivity index (χ1) is 5.68. The van der Waals surface area contributed by atoms with Gasteiger partial charge in [-0.15, -0.1) is 0 Å². The molecule has 0 atom stereocenters. The van der Waals surface area contributed by atoms with Crippen molar-refractivity contribution in [3.63, 3.8) is 0 Å². The predicted octanol–water partition coefficient (Wildman–Crippen LogP) is 0.0144. The van der Waals surface area contributed by atoms with E-state index in [9.17, 15) is 4.89 Å². The van der Waals surface area contributed by atoms with E-state index in [2.05, 4.69) is 0 Å². The molecule has 3 aliphatic heterocycles. The SMILES string of the molecule is OP123OCC[N+]1(CCO2)CCO3. The molecular weight excluding hydrogens is 181 g/mol. The molecule has 0 saturated carbocycles. The summed E-state index contributed by atoms with van der Waals surface area (Å²) >= 11 is 0. The molecule has 0 unspecified atom stereocenters. The van der Waals surface area contributed by atoms with E-state index >= 15 is 0 Å². The second-order valence-corrected chi connectivity index (χ2v) is 6.80. The summed E-state index contributed by atoms with van der Waals surface area (Å²) in [6.07, 6.45) is 0. The van der Waals surface area contributed by atoms with Crippen molar-refractivity contribution >= 4 is 7.66 Å². The van der Waals surface area contributed by atoms with Gasteiger partial charge >= 0.3 is 69.8 Å². The van der Waals surface area contributed by atoms with E-state index in [0.717, 1.165) is 19.6 Å². The van der Waals surface area contributed by atoms with Gasteiger partial charge in [-0.05, 0) is 0 Å². The summed E-state index contributed by atoms with van der Waals surface area (Å²) in [6.45, 7) is 4.22. The summed E-state index contributed by atoms with van der Waals surface area (Å²) in [4.78, 5) is 10.4. The minimum absolute atomic E-state index is 0.547. The number of nitrogens with zero attached hydrogens (tertiary/aromatic N) is 1. The molecule has 0 bridgehead atoms. The summed E-state index contributed by atoms with van der Waals surface area (Å²) in [5, 5.41) is 0. The molecule has 70 valence electrons. The Morgan fingerprint density at radius 3 is 1.67 bits per heavy atom. The van der Waals surface area contributed by atoms with Crippen LogP contribution in [-0.2, 0) is 13.6 Å². The van der Waals surface area contributed by atoms with E-state index in [1.807, 2.05) is 0 Å². The quantitative estimate of drug-likeness (QED) is 0.552. The number of rotatable bonds is 0. The molecule has 3 aliphatic rings. The molecule has 0 spiro atoms. The fourth-order valence-corrected chi connectivity index (χ4v) is 5.81. The Labute approximate surface area is 70.7 Å². The molecule has 0 amide bonds. The first-order valence-corrected chi connectivity index (χ1v) is 6.16. The molecule has 0 radical (unpaired) electrons. The second-order valence-electron chi connectivity index (χ2n) is 3.57. The van der Waals surface area contributed by atoms with Crippen LogP contribution in [0.2, 0.25) is 0 Å². The summed E-state index contributed by atoms with van der Waals surface area (Å²) in [6, 6.07) is 0. The van der Waals surface area contributed by atoms with Gasteiger partial charge in [0.05, 0.1) is 0 Å². The van der Waals surface area contributed by atoms with Crippen molar-refractivity contribution in [2.24, 2.45) is 0 Å². The fourth-order valence-electron chi connectivity index (χ4n) is 2.42. The molecule has 3 rings (SSSR count). The van der Waals surface area contributed by atoms with Crippen molar-refractivity contribution in [1.29, 1.82) is 0 Å². The summed E-state index contributed by atoms with van der Waals surface area (Å²) < 4.78 is 16.7. The van der Waals surface area contributed by atoms with Crippen LogP contribution in [0.4, 0.5) is 0 Å². The zero-order valence-corrected chi connectivity index (χ0v) is 7.70. The van der Waals surface area contributed by atoms with Crippen LogP contribution in [0.25, 0.3) is 0 Å². The molecule has 6 heteroatoms. The van der Waals surface area contributed by atoms with Crippen LogP contribution < -0.4 is 0 Å². The van der Waals surface area contributed by atoms with E-state index in [1.54, 1.807) is 0 Å². The van der Waals surface area contributed by atoms with Crippen molar-refractivity contribution in [2.45, 2.75) is 0 Å². The third-order valence-corrected chi connectivity index (χ3v) is 7.06. The van der Waals surface area contributed by atoms with E-state index in [1.165, 1.54) is 0 Å². The van der Waals surface area contributed by atoms with Crippen LogP contribution in [0.5, 0.6) is 0 Å². The van der Waals surface area contributed by atoms with E-state index in [4.69, 9.17) is 13.6 Å². The Kier molecular flexibility index (Phi) is 1.17. The molecule has 0 aromatic rings. The zero-order valence-electron chi connectivity index (χ0n) is 6.81. The van der Waals surface area contributed by atoms with Gasteiger partial charge in [0, 0.05) is 0 Å². The van der Waals surface area contributed by atoms with Crippen LogP contribution in [0.3, 0.4) is 0 Å². The first kappa shape index (κ1) is 7.62. The summed E-state index contributed by atoms with van der Waals surface area (Å²) in [7, 11) is -3.62. The monoisotopic (exact) mass is 194 g/mol. The fraction of sp³-hybridized carbons (Fsp3) is 1.00. The topological polar surface area (TPSA) is 47.9 Å². The molecule has 3 fully saturated rings. The average molecular weight is 194 g/mol. The Morgan fingerprint density at radius 2 is 1.33 bits per heavy atom. The Morgan fingerprint density at radius 1 is 0.917 bits per heavy atom. The molecule has 1 N–H and O–H groups in total. The molecule has 12 heavy (non-hydrogen) atoms. The third-order valence-electron chi connectivity index (χ3n) is 3.17. The summed E-state index contributed by atoms with van der Waals surface area (Å²) in [5.41, 5.74) is 0. The summed E-state index contributed by atoms with van der Waals surface area (Å²) in [5.74, 6) is 0. The molecule has 5 nitrogen and oxygen atoms in total. The number of hydrogen-bond donors (Lipinski definition) is 1. The van der Waals surface area contributed by atoms with Crippen molar-refractivity contribution in [3.8, 4) is 0 Å². The van der Waals surface area contributed by atoms with Crippen LogP contribution in [-0.4, -0.2) is 48.6 Å². The van der Waals surface area contributed by atoms with Crippen molar-refractivity contribution < 1.29 is 22.7 Å². The Bertz CT molecular complexity index is 214. The van der Waals surface area contributed by atoms with Crippen LogP contribution in [0.1, 0.15) is 0 Å². The van der Waals surface area contributed by atoms with Gasteiger partial charge in [-0.25, -0.2) is 0 Å². The van der Waals surface area contributed by atoms with Crippen molar-refractivity contribution in [3.05, 3.63) is 0 Å². The Hall–Kier alpha value is 0.230. The second kappa shape index (κ2) is 1.85. The van der Waals surface area contributed by atoms with Gasteiger partial charge in [0.2, 0.25) is 0 Å². The molecule has 3 heterocycles. The molecule has 0 aromatic heterocycles. The maximum absolute atomic E-state index is 10.4. The molecule has 0 aliphatic carbocycles. The van der Waals surface area contributed by atoms with E-state index in [0.29, 0.717) is 24.1 Å². The van der Waals surface area contributed by atoms with Gasteiger partial charge in [0.25, 0.3) is 0 Å². The van der Waals surface area contributed by atoms with Gasteiger partial charge in [-0.2, -0.15) is 0 Å². The van der Waals surface area contributed by atoms with Crippen molar-refractivity contribution in [2.75, 3.05) is 39.5 Å². The molecule has 0 aromatic carbocycles. The minimum atomic E-state index is -3.62. The van der Waals surface area contributed by atoms with Gasteiger partial charge in [-0.3, -0.25) is 0 Å². The van der Waals surface area contributed by atoms with Gasteiger partial charge in [0.15, 0.2) is 0 Å². The normalized spacial score (nSPS) is 50.9. The van der Waals surface area contributed by atoms with E-state index in [-0.39, 0.29) is 0 Å². The number of hydrogen-bond acceptors (Lipinski definition) is 4.